The standard InChI is InChI=1S/C30H35N5O4/c31-17-25-10-6-14-34(25)28(36)19-32-24-13-12-22(15-24)18-33-29(37)27-16-23-9-4-5-11-26(23)35(27)30(38)39-20-21-7-2-1-3-8-21/h1-5,7-9,11,22,24-25,27,32H,6,10,12-16,18-20H2,(H,33,37)/t22-,24+,25-,27-/m0/s1. The van der Waals surface area contributed by atoms with Gasteiger partial charge in [0.1, 0.15) is 18.7 Å². The number of hydrogen-bond acceptors (Lipinski definition) is 6. The van der Waals surface area contributed by atoms with Crippen molar-refractivity contribution in [1.82, 2.24) is 15.5 Å². The molecular weight excluding hydrogens is 494 g/mol. The van der Waals surface area contributed by atoms with Crippen LogP contribution in [0.5, 0.6) is 0 Å². The van der Waals surface area contributed by atoms with Gasteiger partial charge in [0, 0.05) is 25.6 Å². The van der Waals surface area contributed by atoms with Gasteiger partial charge in [-0.2, -0.15) is 5.26 Å². The summed E-state index contributed by atoms with van der Waals surface area (Å²) in [6.07, 6.45) is 4.29. The van der Waals surface area contributed by atoms with Crippen molar-refractivity contribution in [2.24, 2.45) is 5.92 Å². The molecule has 5 rings (SSSR count). The molecule has 9 heteroatoms. The molecule has 3 amide bonds. The van der Waals surface area contributed by atoms with E-state index >= 15 is 0 Å². The molecule has 2 aromatic carbocycles. The van der Waals surface area contributed by atoms with Crippen molar-refractivity contribution in [3.63, 3.8) is 0 Å². The van der Waals surface area contributed by atoms with Crippen molar-refractivity contribution < 1.29 is 19.1 Å². The fourth-order valence-electron chi connectivity index (χ4n) is 5.95. The monoisotopic (exact) mass is 529 g/mol. The first-order chi connectivity index (χ1) is 19.0. The molecule has 4 atom stereocenters. The van der Waals surface area contributed by atoms with Gasteiger partial charge in [-0.3, -0.25) is 14.5 Å². The molecule has 2 aromatic rings. The lowest BCUT2D eigenvalue weighted by Crippen LogP contribution is -2.49. The molecule has 0 aromatic heterocycles. The minimum absolute atomic E-state index is 0.0177. The fraction of sp³-hybridized carbons (Fsp3) is 0.467. The number of benzene rings is 2. The summed E-state index contributed by atoms with van der Waals surface area (Å²) in [5.41, 5.74) is 2.54. The third kappa shape index (κ3) is 6.23. The van der Waals surface area contributed by atoms with Crippen LogP contribution in [0.1, 0.15) is 43.2 Å². The van der Waals surface area contributed by atoms with Crippen LogP contribution in [0.2, 0.25) is 0 Å². The van der Waals surface area contributed by atoms with Gasteiger partial charge in [0.05, 0.1) is 18.3 Å². The third-order valence-corrected chi connectivity index (χ3v) is 8.05. The van der Waals surface area contributed by atoms with Crippen LogP contribution in [0.4, 0.5) is 10.5 Å². The van der Waals surface area contributed by atoms with Gasteiger partial charge in [-0.1, -0.05) is 48.5 Å². The Balaban J connectivity index is 1.11. The Kier molecular flexibility index (Phi) is 8.42. The SMILES string of the molecule is N#C[C@@H]1CCCN1C(=O)CN[C@@H]1CC[C@H](CNC(=O)[C@@H]2Cc3ccccc3N2C(=O)OCc2ccccc2)C1. The lowest BCUT2D eigenvalue weighted by Gasteiger charge is -2.25. The van der Waals surface area contributed by atoms with Crippen LogP contribution in [-0.4, -0.2) is 60.6 Å². The number of rotatable bonds is 8. The normalized spacial score (nSPS) is 23.8. The maximum Gasteiger partial charge on any atom is 0.415 e. The summed E-state index contributed by atoms with van der Waals surface area (Å²) in [4.78, 5) is 42.1. The highest BCUT2D eigenvalue weighted by Crippen LogP contribution is 2.33. The predicted molar refractivity (Wildman–Crippen MR) is 146 cm³/mol. The van der Waals surface area contributed by atoms with E-state index in [1.165, 1.54) is 4.90 Å². The molecule has 0 spiro atoms. The zero-order valence-electron chi connectivity index (χ0n) is 22.1. The van der Waals surface area contributed by atoms with Crippen LogP contribution in [-0.2, 0) is 27.4 Å². The van der Waals surface area contributed by atoms with Crippen LogP contribution in [0.15, 0.2) is 54.6 Å². The smallest absolute Gasteiger partial charge is 0.415 e. The molecule has 2 heterocycles. The largest absolute Gasteiger partial charge is 0.444 e. The zero-order valence-corrected chi connectivity index (χ0v) is 22.1. The second kappa shape index (κ2) is 12.3. The summed E-state index contributed by atoms with van der Waals surface area (Å²) in [6, 6.07) is 18.5. The van der Waals surface area contributed by atoms with Gasteiger partial charge >= 0.3 is 6.09 Å². The highest BCUT2D eigenvalue weighted by Gasteiger charge is 2.39. The Morgan fingerprint density at radius 1 is 1.03 bits per heavy atom. The number of amides is 3. The van der Waals surface area contributed by atoms with Crippen LogP contribution >= 0.6 is 0 Å². The number of fused-ring (bicyclic) bond motifs is 1. The van der Waals surface area contributed by atoms with Crippen molar-refractivity contribution >= 4 is 23.6 Å². The van der Waals surface area contributed by atoms with E-state index < -0.39 is 12.1 Å². The van der Waals surface area contributed by atoms with Crippen LogP contribution in [0.25, 0.3) is 0 Å². The summed E-state index contributed by atoms with van der Waals surface area (Å²) in [5.74, 6) is 0.0873. The van der Waals surface area contributed by atoms with Gasteiger partial charge < -0.3 is 20.3 Å². The maximum absolute atomic E-state index is 13.3. The number of ether oxygens (including phenoxy) is 1. The number of para-hydroxylation sites is 1. The fourth-order valence-corrected chi connectivity index (χ4v) is 5.95. The summed E-state index contributed by atoms with van der Waals surface area (Å²) in [7, 11) is 0. The van der Waals surface area contributed by atoms with Gasteiger partial charge in [0.15, 0.2) is 0 Å². The van der Waals surface area contributed by atoms with Gasteiger partial charge in [-0.15, -0.1) is 0 Å². The number of anilines is 1. The van der Waals surface area contributed by atoms with Crippen molar-refractivity contribution in [3.05, 3.63) is 65.7 Å². The average Bonchev–Trinajstić information content (AvgIpc) is 3.72. The van der Waals surface area contributed by atoms with Gasteiger partial charge in [0.25, 0.3) is 0 Å². The number of carbonyl (C=O) groups excluding carboxylic acids is 3. The molecule has 0 bridgehead atoms. The van der Waals surface area contributed by atoms with Crippen LogP contribution in [0.3, 0.4) is 0 Å². The molecule has 39 heavy (non-hydrogen) atoms. The molecule has 1 aliphatic carbocycles. The first kappa shape index (κ1) is 26.7. The van der Waals surface area contributed by atoms with E-state index in [1.807, 2.05) is 54.6 Å². The van der Waals surface area contributed by atoms with Crippen molar-refractivity contribution in [1.29, 1.82) is 5.26 Å². The minimum Gasteiger partial charge on any atom is -0.444 e. The molecule has 0 unspecified atom stereocenters. The minimum atomic E-state index is -0.660. The number of likely N-dealkylation sites (tertiary alicyclic amines) is 1. The number of carbonyl (C=O) groups is 3. The first-order valence-electron chi connectivity index (χ1n) is 13.8. The number of hydrogen-bond donors (Lipinski definition) is 2. The summed E-state index contributed by atoms with van der Waals surface area (Å²) >= 11 is 0. The highest BCUT2D eigenvalue weighted by atomic mass is 16.6. The quantitative estimate of drug-likeness (QED) is 0.543. The Bertz CT molecular complexity index is 1230. The van der Waals surface area contributed by atoms with Crippen LogP contribution in [0, 0.1) is 17.2 Å². The molecule has 2 N–H and O–H groups in total. The van der Waals surface area contributed by atoms with E-state index in [2.05, 4.69) is 16.7 Å². The predicted octanol–water partition coefficient (Wildman–Crippen LogP) is 3.14. The van der Waals surface area contributed by atoms with Gasteiger partial charge in [0.2, 0.25) is 11.8 Å². The summed E-state index contributed by atoms with van der Waals surface area (Å²) in [6.45, 7) is 1.55. The van der Waals surface area contributed by atoms with Gasteiger partial charge in [-0.05, 0) is 55.2 Å². The van der Waals surface area contributed by atoms with Crippen LogP contribution < -0.4 is 15.5 Å². The number of nitrogens with one attached hydrogen (secondary N) is 2. The van der Waals surface area contributed by atoms with Gasteiger partial charge in [-0.25, -0.2) is 4.79 Å². The van der Waals surface area contributed by atoms with E-state index in [9.17, 15) is 19.6 Å². The van der Waals surface area contributed by atoms with E-state index in [1.54, 1.807) is 4.90 Å². The molecule has 0 radical (unpaired) electrons. The summed E-state index contributed by atoms with van der Waals surface area (Å²) in [5, 5.41) is 15.7. The molecule has 9 nitrogen and oxygen atoms in total. The third-order valence-electron chi connectivity index (χ3n) is 8.05. The van der Waals surface area contributed by atoms with E-state index in [4.69, 9.17) is 4.74 Å². The highest BCUT2D eigenvalue weighted by molar-refractivity contribution is 6.00. The molecule has 204 valence electrons. The van der Waals surface area contributed by atoms with Crippen molar-refractivity contribution in [2.45, 2.75) is 63.3 Å². The van der Waals surface area contributed by atoms with E-state index in [0.717, 1.165) is 43.2 Å². The van der Waals surface area contributed by atoms with Crippen molar-refractivity contribution in [3.8, 4) is 6.07 Å². The number of nitriles is 1. The molecule has 1 saturated heterocycles. The maximum atomic E-state index is 13.3. The Morgan fingerprint density at radius 2 is 1.82 bits per heavy atom. The Hall–Kier alpha value is -3.90. The van der Waals surface area contributed by atoms with Crippen molar-refractivity contribution in [2.75, 3.05) is 24.5 Å². The summed E-state index contributed by atoms with van der Waals surface area (Å²) < 4.78 is 5.59. The second-order valence-corrected chi connectivity index (χ2v) is 10.6. The molecule has 2 aliphatic heterocycles. The topological polar surface area (TPSA) is 115 Å². The average molecular weight is 530 g/mol. The van der Waals surface area contributed by atoms with E-state index in [0.29, 0.717) is 31.1 Å². The zero-order chi connectivity index (χ0) is 27.2. The molecular formula is C30H35N5O4. The molecule has 3 aliphatic rings. The first-order valence-corrected chi connectivity index (χ1v) is 13.8. The lowest BCUT2D eigenvalue weighted by molar-refractivity contribution is -0.130. The lowest BCUT2D eigenvalue weighted by atomic mass is 10.1. The Labute approximate surface area is 229 Å². The van der Waals surface area contributed by atoms with E-state index in [-0.39, 0.29) is 37.0 Å². The second-order valence-electron chi connectivity index (χ2n) is 10.6. The molecule has 1 saturated carbocycles. The Morgan fingerprint density at radius 3 is 2.64 bits per heavy atom. The molecule has 2 fully saturated rings. The number of nitrogens with zero attached hydrogens (tertiary/aromatic N) is 3.